The summed E-state index contributed by atoms with van der Waals surface area (Å²) in [7, 11) is -3.73. The van der Waals surface area contributed by atoms with Crippen LogP contribution in [0.4, 0.5) is 0 Å². The van der Waals surface area contributed by atoms with Crippen molar-refractivity contribution in [2.45, 2.75) is 21.1 Å². The number of imide groups is 1. The Balaban J connectivity index is 1.48. The van der Waals surface area contributed by atoms with Gasteiger partial charge in [-0.1, -0.05) is 29.8 Å². The van der Waals surface area contributed by atoms with Crippen molar-refractivity contribution in [2.24, 2.45) is 0 Å². The van der Waals surface area contributed by atoms with Gasteiger partial charge < -0.3 is 0 Å². The summed E-state index contributed by atoms with van der Waals surface area (Å²) in [6.45, 7) is 2.08. The van der Waals surface area contributed by atoms with Gasteiger partial charge in [0.1, 0.15) is 0 Å². The Bertz CT molecular complexity index is 1170. The maximum Gasteiger partial charge on any atom is 0.261 e. The van der Waals surface area contributed by atoms with Gasteiger partial charge in [0.05, 0.1) is 25.7 Å². The zero-order valence-corrected chi connectivity index (χ0v) is 17.8. The van der Waals surface area contributed by atoms with Gasteiger partial charge in [0.25, 0.3) is 11.8 Å². The predicted octanol–water partition coefficient (Wildman–Crippen LogP) is 3.67. The smallest absolute Gasteiger partial charge is 0.261 e. The van der Waals surface area contributed by atoms with Crippen LogP contribution in [0, 0.1) is 6.92 Å². The van der Waals surface area contributed by atoms with Gasteiger partial charge in [0, 0.05) is 12.3 Å². The van der Waals surface area contributed by atoms with E-state index in [9.17, 15) is 18.0 Å². The van der Waals surface area contributed by atoms with Crippen LogP contribution in [-0.4, -0.2) is 42.4 Å². The van der Waals surface area contributed by atoms with E-state index in [0.717, 1.165) is 5.56 Å². The second kappa shape index (κ2) is 7.74. The Hall–Kier alpha value is -2.49. The van der Waals surface area contributed by atoms with Crippen molar-refractivity contribution in [3.8, 4) is 0 Å². The van der Waals surface area contributed by atoms with Crippen LogP contribution in [-0.2, 0) is 9.84 Å². The summed E-state index contributed by atoms with van der Waals surface area (Å²) < 4.78 is 26.4. The molecular weight excluding hydrogens is 428 g/mol. The molecule has 0 unspecified atom stereocenters. The monoisotopic (exact) mass is 444 g/mol. The normalized spacial score (nSPS) is 13.8. The van der Waals surface area contributed by atoms with Crippen LogP contribution in [0.1, 0.15) is 26.3 Å². The van der Waals surface area contributed by atoms with E-state index in [-0.39, 0.29) is 28.3 Å². The fourth-order valence-corrected chi connectivity index (χ4v) is 6.87. The molecule has 9 heteroatoms. The number of thiazole rings is 1. The number of thioether (sulfide) groups is 1. The Morgan fingerprint density at radius 1 is 1.00 bits per heavy atom. The Morgan fingerprint density at radius 3 is 2.24 bits per heavy atom. The van der Waals surface area contributed by atoms with Crippen molar-refractivity contribution in [1.82, 2.24) is 9.88 Å². The standard InChI is InChI=1S/C20H16N2O4S3/c1-13-6-8-14(9-7-13)29(25,26)17-20(28-12-21-17)27-11-10-22-18(23)15-4-2-3-5-16(15)19(22)24/h2-9,12H,10-11H2,1H3. The zero-order valence-electron chi connectivity index (χ0n) is 15.4. The minimum Gasteiger partial charge on any atom is -0.273 e. The molecule has 0 saturated heterocycles. The van der Waals surface area contributed by atoms with Crippen LogP contribution in [0.15, 0.2) is 68.2 Å². The van der Waals surface area contributed by atoms with E-state index in [1.54, 1.807) is 48.5 Å². The molecule has 0 atom stereocenters. The molecule has 3 aromatic rings. The van der Waals surface area contributed by atoms with Crippen LogP contribution in [0.25, 0.3) is 0 Å². The first-order valence-electron chi connectivity index (χ1n) is 8.73. The quantitative estimate of drug-likeness (QED) is 0.426. The third-order valence-electron chi connectivity index (χ3n) is 4.52. The molecule has 6 nitrogen and oxygen atoms in total. The van der Waals surface area contributed by atoms with E-state index in [2.05, 4.69) is 4.98 Å². The summed E-state index contributed by atoms with van der Waals surface area (Å²) in [6, 6.07) is 13.3. The molecule has 0 aliphatic carbocycles. The van der Waals surface area contributed by atoms with Crippen LogP contribution in [0.2, 0.25) is 0 Å². The predicted molar refractivity (Wildman–Crippen MR) is 111 cm³/mol. The largest absolute Gasteiger partial charge is 0.273 e. The second-order valence-corrected chi connectivity index (χ2v) is 10.5. The van der Waals surface area contributed by atoms with Gasteiger partial charge in [0.15, 0.2) is 5.03 Å². The highest BCUT2D eigenvalue weighted by molar-refractivity contribution is 8.02. The number of nitrogens with zero attached hydrogens (tertiary/aromatic N) is 2. The number of carbonyl (C=O) groups excluding carboxylic acids is 2. The van der Waals surface area contributed by atoms with Gasteiger partial charge in [-0.15, -0.1) is 23.1 Å². The van der Waals surface area contributed by atoms with Crippen molar-refractivity contribution in [2.75, 3.05) is 12.3 Å². The highest BCUT2D eigenvalue weighted by Gasteiger charge is 2.34. The van der Waals surface area contributed by atoms with Crippen LogP contribution >= 0.6 is 23.1 Å². The molecule has 2 heterocycles. The van der Waals surface area contributed by atoms with E-state index in [1.165, 1.54) is 33.5 Å². The number of amides is 2. The molecule has 0 saturated carbocycles. The number of benzene rings is 2. The zero-order chi connectivity index (χ0) is 20.6. The fraction of sp³-hybridized carbons (Fsp3) is 0.150. The molecule has 4 rings (SSSR count). The number of hydrogen-bond donors (Lipinski definition) is 0. The Labute approximate surface area is 176 Å². The summed E-state index contributed by atoms with van der Waals surface area (Å²) in [4.78, 5) is 30.3. The molecule has 0 radical (unpaired) electrons. The van der Waals surface area contributed by atoms with E-state index in [0.29, 0.717) is 21.1 Å². The molecular formula is C20H16N2O4S3. The summed E-state index contributed by atoms with van der Waals surface area (Å²) in [6.07, 6.45) is 0. The Kier molecular flexibility index (Phi) is 5.28. The van der Waals surface area contributed by atoms with Crippen molar-refractivity contribution >= 4 is 44.8 Å². The molecule has 2 amide bonds. The van der Waals surface area contributed by atoms with E-state index >= 15 is 0 Å². The van der Waals surface area contributed by atoms with Crippen molar-refractivity contribution in [1.29, 1.82) is 0 Å². The minimum absolute atomic E-state index is 0.0127. The first-order chi connectivity index (χ1) is 13.9. The van der Waals surface area contributed by atoms with Crippen LogP contribution in [0.5, 0.6) is 0 Å². The highest BCUT2D eigenvalue weighted by Crippen LogP contribution is 2.34. The molecule has 2 aromatic carbocycles. The summed E-state index contributed by atoms with van der Waals surface area (Å²) in [5, 5.41) is 0.0127. The SMILES string of the molecule is Cc1ccc(S(=O)(=O)c2ncsc2SCCN2C(=O)c3ccccc3C2=O)cc1. The maximum absolute atomic E-state index is 12.9. The Morgan fingerprint density at radius 2 is 1.62 bits per heavy atom. The number of sulfone groups is 1. The van der Waals surface area contributed by atoms with Gasteiger partial charge >= 0.3 is 0 Å². The van der Waals surface area contributed by atoms with Crippen molar-refractivity contribution in [3.63, 3.8) is 0 Å². The molecule has 1 aliphatic heterocycles. The third-order valence-corrected chi connectivity index (χ3v) is 8.59. The van der Waals surface area contributed by atoms with Gasteiger partial charge in [-0.3, -0.25) is 14.5 Å². The van der Waals surface area contributed by atoms with E-state index < -0.39 is 9.84 Å². The number of aryl methyl sites for hydroxylation is 1. The number of aromatic nitrogens is 1. The summed E-state index contributed by atoms with van der Waals surface area (Å²) in [5.74, 6) is -0.254. The molecule has 1 aromatic heterocycles. The van der Waals surface area contributed by atoms with Crippen LogP contribution in [0.3, 0.4) is 0 Å². The van der Waals surface area contributed by atoms with Crippen LogP contribution < -0.4 is 0 Å². The van der Waals surface area contributed by atoms with Crippen molar-refractivity contribution in [3.05, 3.63) is 70.7 Å². The maximum atomic E-state index is 12.9. The molecule has 0 N–H and O–H groups in total. The average Bonchev–Trinajstić information content (AvgIpc) is 3.28. The first-order valence-corrected chi connectivity index (χ1v) is 12.1. The lowest BCUT2D eigenvalue weighted by Crippen LogP contribution is -2.31. The second-order valence-electron chi connectivity index (χ2n) is 6.42. The van der Waals surface area contributed by atoms with E-state index in [4.69, 9.17) is 0 Å². The summed E-state index contributed by atoms with van der Waals surface area (Å²) in [5.41, 5.74) is 3.27. The molecule has 148 valence electrons. The molecule has 1 aliphatic rings. The number of hydrogen-bond acceptors (Lipinski definition) is 7. The first kappa shape index (κ1) is 19.8. The highest BCUT2D eigenvalue weighted by atomic mass is 32.2. The number of rotatable bonds is 6. The lowest BCUT2D eigenvalue weighted by atomic mass is 10.1. The fourth-order valence-electron chi connectivity index (χ4n) is 3.00. The molecule has 0 fully saturated rings. The van der Waals surface area contributed by atoms with E-state index in [1.807, 2.05) is 6.92 Å². The lowest BCUT2D eigenvalue weighted by Gasteiger charge is -2.13. The minimum atomic E-state index is -3.73. The third kappa shape index (κ3) is 3.61. The average molecular weight is 445 g/mol. The van der Waals surface area contributed by atoms with Gasteiger partial charge in [-0.05, 0) is 31.2 Å². The van der Waals surface area contributed by atoms with Crippen molar-refractivity contribution < 1.29 is 18.0 Å². The summed E-state index contributed by atoms with van der Waals surface area (Å²) >= 11 is 2.51. The number of fused-ring (bicyclic) bond motifs is 1. The van der Waals surface area contributed by atoms with Gasteiger partial charge in [-0.25, -0.2) is 13.4 Å². The lowest BCUT2D eigenvalue weighted by molar-refractivity contribution is 0.0664. The van der Waals surface area contributed by atoms with Gasteiger partial charge in [0.2, 0.25) is 9.84 Å². The molecule has 0 spiro atoms. The van der Waals surface area contributed by atoms with Gasteiger partial charge in [-0.2, -0.15) is 0 Å². The number of carbonyl (C=O) groups is 2. The molecule has 29 heavy (non-hydrogen) atoms. The molecule has 0 bridgehead atoms. The topological polar surface area (TPSA) is 84.4 Å².